The summed E-state index contributed by atoms with van der Waals surface area (Å²) >= 11 is 0. The summed E-state index contributed by atoms with van der Waals surface area (Å²) < 4.78 is 2.16. The molecule has 0 spiro atoms. The first kappa shape index (κ1) is 12.2. The van der Waals surface area contributed by atoms with Gasteiger partial charge in [0.15, 0.2) is 0 Å². The van der Waals surface area contributed by atoms with E-state index in [9.17, 15) is 5.11 Å². The lowest BCUT2D eigenvalue weighted by Gasteiger charge is -2.29. The van der Waals surface area contributed by atoms with Gasteiger partial charge < -0.3 is 15.4 Å². The average molecular weight is 258 g/mol. The van der Waals surface area contributed by atoms with Crippen LogP contribution in [0.1, 0.15) is 17.5 Å². The summed E-state index contributed by atoms with van der Waals surface area (Å²) in [7, 11) is 0. The molecule has 0 saturated carbocycles. The molecular formula is C14H18N4O. The molecule has 0 bridgehead atoms. The molecule has 5 nitrogen and oxygen atoms in total. The van der Waals surface area contributed by atoms with E-state index in [2.05, 4.69) is 14.5 Å². The average Bonchev–Trinajstić information content (AvgIpc) is 2.86. The first-order valence-electron chi connectivity index (χ1n) is 6.48. The van der Waals surface area contributed by atoms with Crippen LogP contribution < -0.4 is 5.73 Å². The number of hydrogen-bond donors (Lipinski definition) is 2. The van der Waals surface area contributed by atoms with Crippen molar-refractivity contribution in [3.8, 4) is 0 Å². The number of aliphatic hydroxyl groups is 1. The van der Waals surface area contributed by atoms with Crippen molar-refractivity contribution < 1.29 is 5.11 Å². The van der Waals surface area contributed by atoms with Crippen LogP contribution in [0.25, 0.3) is 0 Å². The molecule has 1 aliphatic rings. The van der Waals surface area contributed by atoms with Crippen LogP contribution in [0.5, 0.6) is 0 Å². The number of β-amino-alcohol motifs (C(OH)–C–C–N with tert-alkyl or cyclic N) is 1. The number of nitrogens with zero attached hydrogens (tertiary/aromatic N) is 3. The highest BCUT2D eigenvalue weighted by atomic mass is 16.3. The highest BCUT2D eigenvalue weighted by molar-refractivity contribution is 5.41. The van der Waals surface area contributed by atoms with Gasteiger partial charge in [0.1, 0.15) is 5.82 Å². The Morgan fingerprint density at radius 1 is 1.37 bits per heavy atom. The van der Waals surface area contributed by atoms with E-state index in [-0.39, 0.29) is 0 Å². The quantitative estimate of drug-likeness (QED) is 0.806. The van der Waals surface area contributed by atoms with Crippen LogP contribution in [0, 0.1) is 0 Å². The lowest BCUT2D eigenvalue weighted by molar-refractivity contribution is 0.0963. The highest BCUT2D eigenvalue weighted by Crippen LogP contribution is 2.19. The van der Waals surface area contributed by atoms with E-state index < -0.39 is 6.10 Å². The number of nitrogens with two attached hydrogens (primary N) is 1. The Kier molecular flexibility index (Phi) is 3.23. The monoisotopic (exact) mass is 258 g/mol. The van der Waals surface area contributed by atoms with Gasteiger partial charge in [-0.1, -0.05) is 12.1 Å². The van der Waals surface area contributed by atoms with Gasteiger partial charge in [0, 0.05) is 37.7 Å². The summed E-state index contributed by atoms with van der Waals surface area (Å²) in [6.07, 6.45) is 3.32. The van der Waals surface area contributed by atoms with Gasteiger partial charge >= 0.3 is 0 Å². The Bertz CT molecular complexity index is 566. The zero-order valence-corrected chi connectivity index (χ0v) is 10.7. The minimum absolute atomic E-state index is 0.509. The van der Waals surface area contributed by atoms with Crippen LogP contribution in [0.3, 0.4) is 0 Å². The number of fused-ring (bicyclic) bond motifs is 1. The fourth-order valence-corrected chi connectivity index (χ4v) is 2.50. The molecule has 0 radical (unpaired) electrons. The molecule has 1 unspecified atom stereocenters. The van der Waals surface area contributed by atoms with Gasteiger partial charge in [0.2, 0.25) is 0 Å². The molecule has 0 fully saturated rings. The number of aromatic nitrogens is 2. The summed E-state index contributed by atoms with van der Waals surface area (Å²) in [6.45, 7) is 3.25. The van der Waals surface area contributed by atoms with Crippen molar-refractivity contribution in [2.45, 2.75) is 19.2 Å². The Morgan fingerprint density at radius 2 is 2.26 bits per heavy atom. The van der Waals surface area contributed by atoms with Crippen molar-refractivity contribution >= 4 is 5.69 Å². The lowest BCUT2D eigenvalue weighted by Crippen LogP contribution is -2.36. The van der Waals surface area contributed by atoms with E-state index in [1.165, 1.54) is 0 Å². The largest absolute Gasteiger partial charge is 0.399 e. The normalized spacial score (nSPS) is 17.1. The van der Waals surface area contributed by atoms with Gasteiger partial charge in [-0.05, 0) is 17.7 Å². The Morgan fingerprint density at radius 3 is 3.11 bits per heavy atom. The van der Waals surface area contributed by atoms with E-state index in [1.54, 1.807) is 0 Å². The number of imidazole rings is 1. The van der Waals surface area contributed by atoms with Crippen LogP contribution in [0.4, 0.5) is 5.69 Å². The van der Waals surface area contributed by atoms with Gasteiger partial charge in [-0.2, -0.15) is 0 Å². The number of benzene rings is 1. The zero-order chi connectivity index (χ0) is 13.2. The topological polar surface area (TPSA) is 67.3 Å². The lowest BCUT2D eigenvalue weighted by atomic mass is 10.1. The molecule has 0 saturated heterocycles. The SMILES string of the molecule is Nc1cccc(C(O)CN2CCn3ccnc3C2)c1. The van der Waals surface area contributed by atoms with Crippen LogP contribution >= 0.6 is 0 Å². The van der Waals surface area contributed by atoms with E-state index in [0.29, 0.717) is 12.2 Å². The minimum Gasteiger partial charge on any atom is -0.399 e. The van der Waals surface area contributed by atoms with Gasteiger partial charge in [-0.15, -0.1) is 0 Å². The minimum atomic E-state index is -0.509. The molecule has 1 aliphatic heterocycles. The van der Waals surface area contributed by atoms with Crippen LogP contribution in [-0.2, 0) is 13.1 Å². The molecule has 1 atom stereocenters. The molecular weight excluding hydrogens is 240 g/mol. The Balaban J connectivity index is 1.66. The van der Waals surface area contributed by atoms with Crippen LogP contribution in [0.15, 0.2) is 36.7 Å². The summed E-state index contributed by atoms with van der Waals surface area (Å²) in [5.41, 5.74) is 7.30. The van der Waals surface area contributed by atoms with E-state index in [1.807, 2.05) is 36.7 Å². The summed E-state index contributed by atoms with van der Waals surface area (Å²) in [5, 5.41) is 10.3. The molecule has 2 heterocycles. The third-order valence-corrected chi connectivity index (χ3v) is 3.55. The molecule has 3 N–H and O–H groups in total. The van der Waals surface area contributed by atoms with Gasteiger partial charge in [0.05, 0.1) is 12.6 Å². The first-order chi connectivity index (χ1) is 9.22. The van der Waals surface area contributed by atoms with Crippen LogP contribution in [-0.4, -0.2) is 32.6 Å². The van der Waals surface area contributed by atoms with Gasteiger partial charge in [-0.3, -0.25) is 4.90 Å². The second-order valence-corrected chi connectivity index (χ2v) is 4.96. The molecule has 3 rings (SSSR count). The van der Waals surface area contributed by atoms with Crippen molar-refractivity contribution in [2.24, 2.45) is 0 Å². The second-order valence-electron chi connectivity index (χ2n) is 4.96. The molecule has 19 heavy (non-hydrogen) atoms. The van der Waals surface area contributed by atoms with E-state index in [0.717, 1.165) is 31.0 Å². The fourth-order valence-electron chi connectivity index (χ4n) is 2.50. The highest BCUT2D eigenvalue weighted by Gasteiger charge is 2.19. The number of aliphatic hydroxyl groups excluding tert-OH is 1. The molecule has 2 aromatic rings. The van der Waals surface area contributed by atoms with Crippen molar-refractivity contribution in [3.05, 3.63) is 48.0 Å². The molecule has 0 aliphatic carbocycles. The van der Waals surface area contributed by atoms with Crippen LogP contribution in [0.2, 0.25) is 0 Å². The van der Waals surface area contributed by atoms with Gasteiger partial charge in [-0.25, -0.2) is 4.98 Å². The van der Waals surface area contributed by atoms with E-state index >= 15 is 0 Å². The van der Waals surface area contributed by atoms with Crippen molar-refractivity contribution in [2.75, 3.05) is 18.8 Å². The fraction of sp³-hybridized carbons (Fsp3) is 0.357. The maximum absolute atomic E-state index is 10.3. The molecule has 0 amide bonds. The van der Waals surface area contributed by atoms with E-state index in [4.69, 9.17) is 5.73 Å². The first-order valence-corrected chi connectivity index (χ1v) is 6.48. The zero-order valence-electron chi connectivity index (χ0n) is 10.7. The third-order valence-electron chi connectivity index (χ3n) is 3.55. The van der Waals surface area contributed by atoms with Gasteiger partial charge in [0.25, 0.3) is 0 Å². The maximum Gasteiger partial charge on any atom is 0.122 e. The smallest absolute Gasteiger partial charge is 0.122 e. The Labute approximate surface area is 112 Å². The second kappa shape index (κ2) is 5.03. The summed E-state index contributed by atoms with van der Waals surface area (Å²) in [6, 6.07) is 7.44. The molecule has 1 aromatic carbocycles. The Hall–Kier alpha value is -1.85. The van der Waals surface area contributed by atoms with Crippen molar-refractivity contribution in [1.29, 1.82) is 0 Å². The summed E-state index contributed by atoms with van der Waals surface area (Å²) in [5.74, 6) is 1.06. The number of hydrogen-bond acceptors (Lipinski definition) is 4. The maximum atomic E-state index is 10.3. The third kappa shape index (κ3) is 2.62. The standard InChI is InChI=1S/C14H18N4O/c15-12-3-1-2-11(8-12)13(19)9-17-6-7-18-5-4-16-14(18)10-17/h1-5,8,13,19H,6-7,9-10,15H2. The molecule has 1 aromatic heterocycles. The van der Waals surface area contributed by atoms with Crippen molar-refractivity contribution in [1.82, 2.24) is 14.5 Å². The molecule has 100 valence electrons. The number of anilines is 1. The summed E-state index contributed by atoms with van der Waals surface area (Å²) in [4.78, 5) is 6.54. The molecule has 5 heteroatoms. The number of rotatable bonds is 3. The number of nitrogen functional groups attached to an aromatic ring is 1. The predicted octanol–water partition coefficient (Wildman–Crippen LogP) is 1.01. The predicted molar refractivity (Wildman–Crippen MR) is 73.3 cm³/mol. The van der Waals surface area contributed by atoms with Crippen molar-refractivity contribution in [3.63, 3.8) is 0 Å².